The Kier molecular flexibility index (Phi) is 7.85. The van der Waals surface area contributed by atoms with Gasteiger partial charge in [0.25, 0.3) is 0 Å². The lowest BCUT2D eigenvalue weighted by Gasteiger charge is -2.30. The molecule has 3 atom stereocenters. The van der Waals surface area contributed by atoms with Gasteiger partial charge in [-0.05, 0) is 43.2 Å². The van der Waals surface area contributed by atoms with Crippen molar-refractivity contribution in [1.82, 2.24) is 10.6 Å². The highest BCUT2D eigenvalue weighted by Crippen LogP contribution is 2.26. The van der Waals surface area contributed by atoms with Crippen LogP contribution in [0.1, 0.15) is 37.4 Å². The molecule has 1 aliphatic carbocycles. The zero-order valence-electron chi connectivity index (χ0n) is 14.7. The summed E-state index contributed by atoms with van der Waals surface area (Å²) >= 11 is 1.95. The molecule has 4 nitrogen and oxygen atoms in total. The van der Waals surface area contributed by atoms with Crippen LogP contribution in [0.2, 0.25) is 0 Å². The fourth-order valence-electron chi connectivity index (χ4n) is 3.08. The SMILES string of the molecule is CN=C(NCC(OC)c1ccc(F)cc1)NC1CCCC(SC)C1. The number of halogens is 1. The lowest BCUT2D eigenvalue weighted by molar-refractivity contribution is 0.106. The maximum Gasteiger partial charge on any atom is 0.191 e. The molecule has 1 saturated carbocycles. The van der Waals surface area contributed by atoms with Gasteiger partial charge in [-0.2, -0.15) is 11.8 Å². The molecule has 1 aliphatic rings. The van der Waals surface area contributed by atoms with Crippen LogP contribution in [0.15, 0.2) is 29.3 Å². The number of methoxy groups -OCH3 is 1. The van der Waals surface area contributed by atoms with Gasteiger partial charge in [-0.25, -0.2) is 4.39 Å². The van der Waals surface area contributed by atoms with Gasteiger partial charge in [-0.15, -0.1) is 0 Å². The molecular formula is C18H28FN3OS. The lowest BCUT2D eigenvalue weighted by atomic mass is 9.95. The zero-order valence-corrected chi connectivity index (χ0v) is 15.5. The summed E-state index contributed by atoms with van der Waals surface area (Å²) in [6, 6.07) is 6.89. The summed E-state index contributed by atoms with van der Waals surface area (Å²) in [4.78, 5) is 4.32. The van der Waals surface area contributed by atoms with Gasteiger partial charge in [0, 0.05) is 32.0 Å². The fourth-order valence-corrected chi connectivity index (χ4v) is 3.91. The average molecular weight is 354 g/mol. The Bertz CT molecular complexity index is 524. The lowest BCUT2D eigenvalue weighted by Crippen LogP contribution is -2.46. The van der Waals surface area contributed by atoms with Crippen molar-refractivity contribution in [2.75, 3.05) is 27.0 Å². The predicted molar refractivity (Wildman–Crippen MR) is 100 cm³/mol. The number of hydrogen-bond donors (Lipinski definition) is 2. The number of ether oxygens (including phenoxy) is 1. The van der Waals surface area contributed by atoms with E-state index < -0.39 is 0 Å². The third-order valence-corrected chi connectivity index (χ3v) is 5.60. The highest BCUT2D eigenvalue weighted by atomic mass is 32.2. The number of nitrogens with zero attached hydrogens (tertiary/aromatic N) is 1. The first-order valence-electron chi connectivity index (χ1n) is 8.44. The second-order valence-corrected chi connectivity index (χ2v) is 7.23. The third-order valence-electron chi connectivity index (χ3n) is 4.51. The van der Waals surface area contributed by atoms with E-state index in [-0.39, 0.29) is 11.9 Å². The Balaban J connectivity index is 1.86. The highest BCUT2D eigenvalue weighted by molar-refractivity contribution is 7.99. The molecule has 0 aliphatic heterocycles. The Morgan fingerprint density at radius 2 is 2.12 bits per heavy atom. The van der Waals surface area contributed by atoms with E-state index >= 15 is 0 Å². The molecule has 2 N–H and O–H groups in total. The first kappa shape index (κ1) is 19.1. The van der Waals surface area contributed by atoms with Crippen LogP contribution in [0.5, 0.6) is 0 Å². The van der Waals surface area contributed by atoms with E-state index in [1.54, 1.807) is 26.3 Å². The maximum absolute atomic E-state index is 13.1. The summed E-state index contributed by atoms with van der Waals surface area (Å²) in [5, 5.41) is 7.58. The molecule has 3 unspecified atom stereocenters. The van der Waals surface area contributed by atoms with E-state index in [0.717, 1.165) is 16.8 Å². The second kappa shape index (κ2) is 9.89. The topological polar surface area (TPSA) is 45.7 Å². The summed E-state index contributed by atoms with van der Waals surface area (Å²) < 4.78 is 18.6. The molecular weight excluding hydrogens is 325 g/mol. The molecule has 6 heteroatoms. The van der Waals surface area contributed by atoms with E-state index in [2.05, 4.69) is 21.9 Å². The quantitative estimate of drug-likeness (QED) is 0.608. The van der Waals surface area contributed by atoms with Crippen LogP contribution in [0, 0.1) is 5.82 Å². The van der Waals surface area contributed by atoms with E-state index in [1.165, 1.54) is 37.8 Å². The van der Waals surface area contributed by atoms with Gasteiger partial charge < -0.3 is 15.4 Å². The van der Waals surface area contributed by atoms with Gasteiger partial charge in [0.1, 0.15) is 5.82 Å². The van der Waals surface area contributed by atoms with Crippen molar-refractivity contribution >= 4 is 17.7 Å². The van der Waals surface area contributed by atoms with Crippen LogP contribution < -0.4 is 10.6 Å². The predicted octanol–water partition coefficient (Wildman–Crippen LogP) is 3.35. The smallest absolute Gasteiger partial charge is 0.191 e. The number of guanidine groups is 1. The Morgan fingerprint density at radius 3 is 2.75 bits per heavy atom. The highest BCUT2D eigenvalue weighted by Gasteiger charge is 2.22. The van der Waals surface area contributed by atoms with E-state index in [0.29, 0.717) is 12.6 Å². The molecule has 1 aromatic carbocycles. The molecule has 0 bridgehead atoms. The first-order chi connectivity index (χ1) is 11.7. The van der Waals surface area contributed by atoms with Gasteiger partial charge >= 0.3 is 0 Å². The summed E-state index contributed by atoms with van der Waals surface area (Å²) in [6.07, 6.45) is 6.97. The van der Waals surface area contributed by atoms with Crippen molar-refractivity contribution in [3.63, 3.8) is 0 Å². The first-order valence-corrected chi connectivity index (χ1v) is 9.73. The molecule has 0 radical (unpaired) electrons. The van der Waals surface area contributed by atoms with Crippen LogP contribution in [-0.4, -0.2) is 44.2 Å². The van der Waals surface area contributed by atoms with E-state index in [1.807, 2.05) is 11.8 Å². The van der Waals surface area contributed by atoms with Crippen molar-refractivity contribution in [3.8, 4) is 0 Å². The molecule has 1 fully saturated rings. The number of nitrogens with one attached hydrogen (secondary N) is 2. The van der Waals surface area contributed by atoms with Crippen molar-refractivity contribution in [3.05, 3.63) is 35.6 Å². The molecule has 2 rings (SSSR count). The fraction of sp³-hybridized carbons (Fsp3) is 0.611. The second-order valence-electron chi connectivity index (χ2n) is 6.09. The van der Waals surface area contributed by atoms with Crippen molar-refractivity contribution in [2.24, 2.45) is 4.99 Å². The normalized spacial score (nSPS) is 22.9. The summed E-state index contributed by atoms with van der Waals surface area (Å²) in [6.45, 7) is 0.584. The molecule has 134 valence electrons. The van der Waals surface area contributed by atoms with E-state index in [9.17, 15) is 4.39 Å². The van der Waals surface area contributed by atoms with Crippen molar-refractivity contribution < 1.29 is 9.13 Å². The minimum absolute atomic E-state index is 0.144. The Labute approximate surface area is 148 Å². The van der Waals surface area contributed by atoms with Crippen molar-refractivity contribution in [1.29, 1.82) is 0 Å². The van der Waals surface area contributed by atoms with Crippen LogP contribution in [0.3, 0.4) is 0 Å². The van der Waals surface area contributed by atoms with Crippen LogP contribution in [0.25, 0.3) is 0 Å². The summed E-state index contributed by atoms with van der Waals surface area (Å²) in [5.74, 6) is 0.561. The van der Waals surface area contributed by atoms with Gasteiger partial charge in [0.05, 0.1) is 6.10 Å². The molecule has 0 amide bonds. The average Bonchev–Trinajstić information content (AvgIpc) is 2.62. The zero-order chi connectivity index (χ0) is 17.4. The number of benzene rings is 1. The number of aliphatic imine (C=N–C) groups is 1. The Hall–Kier alpha value is -1.27. The minimum Gasteiger partial charge on any atom is -0.375 e. The molecule has 1 aromatic rings. The molecule has 0 saturated heterocycles. The summed E-state index contributed by atoms with van der Waals surface area (Å²) in [5.41, 5.74) is 0.946. The van der Waals surface area contributed by atoms with Gasteiger partial charge in [-0.3, -0.25) is 4.99 Å². The standard InChI is InChI=1S/C18H28FN3OS/c1-20-18(22-15-5-4-6-16(11-15)24-3)21-12-17(23-2)13-7-9-14(19)10-8-13/h7-10,15-17H,4-6,11-12H2,1-3H3,(H2,20,21,22). The monoisotopic (exact) mass is 353 g/mol. The van der Waals surface area contributed by atoms with Crippen molar-refractivity contribution in [2.45, 2.75) is 43.1 Å². The van der Waals surface area contributed by atoms with Crippen LogP contribution >= 0.6 is 11.8 Å². The van der Waals surface area contributed by atoms with Gasteiger partial charge in [-0.1, -0.05) is 18.6 Å². The maximum atomic E-state index is 13.1. The van der Waals surface area contributed by atoms with Gasteiger partial charge in [0.2, 0.25) is 0 Å². The number of rotatable bonds is 6. The van der Waals surface area contributed by atoms with Gasteiger partial charge in [0.15, 0.2) is 5.96 Å². The third kappa shape index (κ3) is 5.67. The number of thioether (sulfide) groups is 1. The Morgan fingerprint density at radius 1 is 1.38 bits per heavy atom. The molecule has 0 aromatic heterocycles. The van der Waals surface area contributed by atoms with Crippen LogP contribution in [0.4, 0.5) is 4.39 Å². The number of hydrogen-bond acceptors (Lipinski definition) is 3. The largest absolute Gasteiger partial charge is 0.375 e. The molecule has 24 heavy (non-hydrogen) atoms. The molecule has 0 heterocycles. The minimum atomic E-state index is -0.236. The van der Waals surface area contributed by atoms with Crippen LogP contribution in [-0.2, 0) is 4.74 Å². The summed E-state index contributed by atoms with van der Waals surface area (Å²) in [7, 11) is 3.44. The van der Waals surface area contributed by atoms with E-state index in [4.69, 9.17) is 4.74 Å². The molecule has 0 spiro atoms.